The van der Waals surface area contributed by atoms with E-state index in [1.807, 2.05) is 66.1 Å². The van der Waals surface area contributed by atoms with Gasteiger partial charge in [0.05, 0.1) is 6.26 Å². The van der Waals surface area contributed by atoms with E-state index in [9.17, 15) is 9.59 Å². The second kappa shape index (κ2) is 8.47. The zero-order valence-corrected chi connectivity index (χ0v) is 17.8. The van der Waals surface area contributed by atoms with Crippen LogP contribution in [0, 0.1) is 6.92 Å². The fourth-order valence-corrected chi connectivity index (χ4v) is 3.58. The number of hydrogen-bond donors (Lipinski definition) is 2. The lowest BCUT2D eigenvalue weighted by molar-refractivity contribution is 0.0993. The van der Waals surface area contributed by atoms with Crippen LogP contribution in [-0.2, 0) is 0 Å². The molecule has 2 N–H and O–H groups in total. The number of aromatic nitrogens is 2. The maximum atomic E-state index is 13.2. The first-order chi connectivity index (χ1) is 16.1. The van der Waals surface area contributed by atoms with Crippen molar-refractivity contribution in [1.82, 2.24) is 9.38 Å². The van der Waals surface area contributed by atoms with Crippen LogP contribution >= 0.6 is 0 Å². The molecule has 0 fully saturated rings. The molecule has 0 radical (unpaired) electrons. The van der Waals surface area contributed by atoms with Crippen molar-refractivity contribution >= 4 is 29.0 Å². The van der Waals surface area contributed by atoms with E-state index in [1.54, 1.807) is 30.3 Å². The van der Waals surface area contributed by atoms with Gasteiger partial charge in [0, 0.05) is 23.0 Å². The topological polar surface area (TPSA) is 88.6 Å². The van der Waals surface area contributed by atoms with E-state index in [4.69, 9.17) is 9.40 Å². The summed E-state index contributed by atoms with van der Waals surface area (Å²) in [6.07, 6.45) is 3.29. The highest BCUT2D eigenvalue weighted by Crippen LogP contribution is 2.29. The summed E-state index contributed by atoms with van der Waals surface area (Å²) in [5.74, 6) is 0.0752. The Morgan fingerprint density at radius 1 is 0.879 bits per heavy atom. The molecule has 3 heterocycles. The number of furan rings is 1. The number of carbonyl (C=O) groups is 2. The van der Waals surface area contributed by atoms with E-state index in [0.717, 1.165) is 16.8 Å². The highest BCUT2D eigenvalue weighted by atomic mass is 16.3. The molecule has 33 heavy (non-hydrogen) atoms. The number of anilines is 2. The standard InChI is InChI=1S/C26H20N4O3/c1-17-12-13-19(16-20(17)27-26(32)21-10-7-15-33-21)25(31)29-24-23(18-8-3-2-4-9-18)28-22-11-5-6-14-30(22)24/h2-16H,1H3,(H,27,32)(H,29,31). The second-order valence-electron chi connectivity index (χ2n) is 7.52. The van der Waals surface area contributed by atoms with E-state index in [0.29, 0.717) is 22.8 Å². The van der Waals surface area contributed by atoms with Crippen LogP contribution in [-0.4, -0.2) is 21.2 Å². The summed E-state index contributed by atoms with van der Waals surface area (Å²) in [5.41, 5.74) is 4.05. The third-order valence-corrected chi connectivity index (χ3v) is 5.30. The molecule has 0 spiro atoms. The minimum absolute atomic E-state index is 0.197. The highest BCUT2D eigenvalue weighted by Gasteiger charge is 2.18. The molecular weight excluding hydrogens is 416 g/mol. The van der Waals surface area contributed by atoms with Gasteiger partial charge in [0.25, 0.3) is 11.8 Å². The minimum Gasteiger partial charge on any atom is -0.459 e. The Kier molecular flexibility index (Phi) is 5.20. The van der Waals surface area contributed by atoms with Gasteiger partial charge in [-0.05, 0) is 48.9 Å². The first kappa shape index (κ1) is 20.3. The van der Waals surface area contributed by atoms with Crippen LogP contribution in [0.5, 0.6) is 0 Å². The molecule has 0 aliphatic carbocycles. The number of pyridine rings is 1. The molecule has 7 heteroatoms. The van der Waals surface area contributed by atoms with Gasteiger partial charge in [-0.3, -0.25) is 14.0 Å². The van der Waals surface area contributed by atoms with E-state index >= 15 is 0 Å². The maximum absolute atomic E-state index is 13.2. The summed E-state index contributed by atoms with van der Waals surface area (Å²) in [5, 5.41) is 5.81. The number of aryl methyl sites for hydroxylation is 1. The first-order valence-corrected chi connectivity index (χ1v) is 10.4. The van der Waals surface area contributed by atoms with Crippen LogP contribution in [0.1, 0.15) is 26.5 Å². The Labute approximate surface area is 189 Å². The van der Waals surface area contributed by atoms with Gasteiger partial charge in [-0.25, -0.2) is 4.98 Å². The Balaban J connectivity index is 1.47. The summed E-state index contributed by atoms with van der Waals surface area (Å²) >= 11 is 0. The summed E-state index contributed by atoms with van der Waals surface area (Å²) in [4.78, 5) is 30.3. The third kappa shape index (κ3) is 3.99. The number of amides is 2. The van der Waals surface area contributed by atoms with Crippen molar-refractivity contribution in [2.75, 3.05) is 10.6 Å². The molecule has 0 bridgehead atoms. The Morgan fingerprint density at radius 2 is 1.70 bits per heavy atom. The SMILES string of the molecule is Cc1ccc(C(=O)Nc2c(-c3ccccc3)nc3ccccn23)cc1NC(=O)c1ccco1. The van der Waals surface area contributed by atoms with Gasteiger partial charge < -0.3 is 15.1 Å². The zero-order valence-electron chi connectivity index (χ0n) is 17.8. The van der Waals surface area contributed by atoms with Crippen LogP contribution in [0.4, 0.5) is 11.5 Å². The second-order valence-corrected chi connectivity index (χ2v) is 7.52. The molecule has 3 aromatic heterocycles. The number of carbonyl (C=O) groups excluding carboxylic acids is 2. The van der Waals surface area contributed by atoms with Crippen LogP contribution in [0.3, 0.4) is 0 Å². The molecule has 0 saturated carbocycles. The van der Waals surface area contributed by atoms with Crippen molar-refractivity contribution in [1.29, 1.82) is 0 Å². The monoisotopic (exact) mass is 436 g/mol. The van der Waals surface area contributed by atoms with Crippen molar-refractivity contribution in [3.05, 3.63) is 108 Å². The zero-order chi connectivity index (χ0) is 22.8. The molecular formula is C26H20N4O3. The molecule has 0 atom stereocenters. The lowest BCUT2D eigenvalue weighted by Gasteiger charge is -2.11. The highest BCUT2D eigenvalue weighted by molar-refractivity contribution is 6.08. The Bertz CT molecular complexity index is 1450. The van der Waals surface area contributed by atoms with Crippen molar-refractivity contribution in [2.24, 2.45) is 0 Å². The maximum Gasteiger partial charge on any atom is 0.291 e. The third-order valence-electron chi connectivity index (χ3n) is 5.30. The van der Waals surface area contributed by atoms with Gasteiger partial charge in [-0.2, -0.15) is 0 Å². The first-order valence-electron chi connectivity index (χ1n) is 10.4. The summed E-state index contributed by atoms with van der Waals surface area (Å²) in [7, 11) is 0. The fourth-order valence-electron chi connectivity index (χ4n) is 3.58. The van der Waals surface area contributed by atoms with E-state index < -0.39 is 0 Å². The number of nitrogens with one attached hydrogen (secondary N) is 2. The number of hydrogen-bond acceptors (Lipinski definition) is 4. The molecule has 162 valence electrons. The molecule has 5 rings (SSSR count). The number of imidazole rings is 1. The quantitative estimate of drug-likeness (QED) is 0.386. The molecule has 2 amide bonds. The molecule has 0 unspecified atom stereocenters. The van der Waals surface area contributed by atoms with Gasteiger partial charge in [0.2, 0.25) is 0 Å². The summed E-state index contributed by atoms with van der Waals surface area (Å²) < 4.78 is 6.99. The van der Waals surface area contributed by atoms with E-state index in [2.05, 4.69) is 10.6 Å². The molecule has 0 aliphatic heterocycles. The van der Waals surface area contributed by atoms with E-state index in [1.165, 1.54) is 6.26 Å². The van der Waals surface area contributed by atoms with Crippen LogP contribution in [0.2, 0.25) is 0 Å². The van der Waals surface area contributed by atoms with E-state index in [-0.39, 0.29) is 17.6 Å². The van der Waals surface area contributed by atoms with Crippen molar-refractivity contribution in [2.45, 2.75) is 6.92 Å². The number of rotatable bonds is 5. The molecule has 0 saturated heterocycles. The van der Waals surface area contributed by atoms with Crippen LogP contribution in [0.15, 0.2) is 95.7 Å². The summed E-state index contributed by atoms with van der Waals surface area (Å²) in [6, 6.07) is 23.7. The van der Waals surface area contributed by atoms with Crippen molar-refractivity contribution in [3.63, 3.8) is 0 Å². The normalized spacial score (nSPS) is 10.8. The van der Waals surface area contributed by atoms with Gasteiger partial charge >= 0.3 is 0 Å². The Morgan fingerprint density at radius 3 is 2.48 bits per heavy atom. The van der Waals surface area contributed by atoms with Gasteiger partial charge in [0.15, 0.2) is 5.76 Å². The van der Waals surface area contributed by atoms with Crippen molar-refractivity contribution < 1.29 is 14.0 Å². The smallest absolute Gasteiger partial charge is 0.291 e. The lowest BCUT2D eigenvalue weighted by atomic mass is 10.1. The summed E-state index contributed by atoms with van der Waals surface area (Å²) in [6.45, 7) is 1.86. The molecule has 5 aromatic rings. The fraction of sp³-hybridized carbons (Fsp3) is 0.0385. The van der Waals surface area contributed by atoms with Gasteiger partial charge in [0.1, 0.15) is 17.2 Å². The average molecular weight is 436 g/mol. The largest absolute Gasteiger partial charge is 0.459 e. The molecule has 2 aromatic carbocycles. The van der Waals surface area contributed by atoms with Gasteiger partial charge in [-0.1, -0.05) is 42.5 Å². The molecule has 7 nitrogen and oxygen atoms in total. The molecule has 0 aliphatic rings. The number of fused-ring (bicyclic) bond motifs is 1. The predicted octanol–water partition coefficient (Wildman–Crippen LogP) is 5.41. The predicted molar refractivity (Wildman–Crippen MR) is 126 cm³/mol. The van der Waals surface area contributed by atoms with Crippen molar-refractivity contribution in [3.8, 4) is 11.3 Å². The van der Waals surface area contributed by atoms with Crippen LogP contribution in [0.25, 0.3) is 16.9 Å². The van der Waals surface area contributed by atoms with Crippen LogP contribution < -0.4 is 10.6 Å². The lowest BCUT2D eigenvalue weighted by Crippen LogP contribution is -2.16. The average Bonchev–Trinajstić information content (AvgIpc) is 3.50. The Hall–Kier alpha value is -4.65. The minimum atomic E-state index is -0.381. The van der Waals surface area contributed by atoms with Gasteiger partial charge in [-0.15, -0.1) is 0 Å². The number of nitrogens with zero attached hydrogens (tertiary/aromatic N) is 2. The number of benzene rings is 2.